The van der Waals surface area contributed by atoms with Crippen molar-refractivity contribution in [3.8, 4) is 0 Å². The molecule has 0 aromatic heterocycles. The van der Waals surface area contributed by atoms with Crippen molar-refractivity contribution in [1.29, 1.82) is 0 Å². The van der Waals surface area contributed by atoms with E-state index in [-0.39, 0.29) is 24.2 Å². The molecule has 0 aromatic rings. The summed E-state index contributed by atoms with van der Waals surface area (Å²) >= 11 is 0. The van der Waals surface area contributed by atoms with E-state index < -0.39 is 0 Å². The van der Waals surface area contributed by atoms with Crippen molar-refractivity contribution in [1.82, 2.24) is 10.6 Å². The van der Waals surface area contributed by atoms with Gasteiger partial charge in [0.2, 0.25) is 0 Å². The van der Waals surface area contributed by atoms with Gasteiger partial charge < -0.3 is 4.74 Å². The number of cyclic esters (lactones) is 1. The summed E-state index contributed by atoms with van der Waals surface area (Å²) in [4.78, 5) is 11.5. The van der Waals surface area contributed by atoms with Gasteiger partial charge in [-0.25, -0.2) is 0 Å². The van der Waals surface area contributed by atoms with E-state index in [1.54, 1.807) is 0 Å². The van der Waals surface area contributed by atoms with Crippen LogP contribution in [-0.2, 0) is 9.53 Å². The third-order valence-electron chi connectivity index (χ3n) is 3.09. The molecule has 4 heteroatoms. The molecule has 2 heterocycles. The molecule has 0 aliphatic carbocycles. The zero-order chi connectivity index (χ0) is 9.42. The fourth-order valence-electron chi connectivity index (χ4n) is 2.10. The normalized spacial score (nSPS) is 41.1. The zero-order valence-electron chi connectivity index (χ0n) is 8.04. The lowest BCUT2D eigenvalue weighted by atomic mass is 9.90. The minimum absolute atomic E-state index is 0.0162. The summed E-state index contributed by atoms with van der Waals surface area (Å²) in [7, 11) is 0. The first-order chi connectivity index (χ1) is 6.20. The average molecular weight is 184 g/mol. The second kappa shape index (κ2) is 3.27. The summed E-state index contributed by atoms with van der Waals surface area (Å²) in [6, 6.07) is 0. The molecule has 0 spiro atoms. The van der Waals surface area contributed by atoms with Gasteiger partial charge in [-0.05, 0) is 6.92 Å². The molecular weight excluding hydrogens is 168 g/mol. The highest BCUT2D eigenvalue weighted by Crippen LogP contribution is 2.30. The molecule has 3 unspecified atom stereocenters. The highest BCUT2D eigenvalue weighted by atomic mass is 16.6. The van der Waals surface area contributed by atoms with E-state index in [0.29, 0.717) is 5.92 Å². The van der Waals surface area contributed by atoms with Crippen LogP contribution in [0.1, 0.15) is 13.8 Å². The first-order valence-electron chi connectivity index (χ1n) is 4.87. The lowest BCUT2D eigenvalue weighted by molar-refractivity contribution is -0.144. The number of esters is 1. The third-order valence-corrected chi connectivity index (χ3v) is 3.09. The Hall–Kier alpha value is -0.610. The van der Waals surface area contributed by atoms with Crippen LogP contribution in [0, 0.1) is 11.8 Å². The third kappa shape index (κ3) is 1.44. The minimum Gasteiger partial charge on any atom is -0.462 e. The number of hydrogen-bond acceptors (Lipinski definition) is 4. The van der Waals surface area contributed by atoms with Crippen molar-refractivity contribution in [2.75, 3.05) is 13.1 Å². The van der Waals surface area contributed by atoms with Gasteiger partial charge in [-0.1, -0.05) is 6.92 Å². The van der Waals surface area contributed by atoms with Gasteiger partial charge in [0.1, 0.15) is 6.10 Å². The van der Waals surface area contributed by atoms with Crippen molar-refractivity contribution in [3.63, 3.8) is 0 Å². The Morgan fingerprint density at radius 1 is 1.31 bits per heavy atom. The average Bonchev–Trinajstić information content (AvgIpc) is 2.63. The summed E-state index contributed by atoms with van der Waals surface area (Å²) in [6.45, 7) is 5.91. The Labute approximate surface area is 78.0 Å². The maximum Gasteiger partial charge on any atom is 0.312 e. The number of rotatable bonds is 1. The molecule has 4 nitrogen and oxygen atoms in total. The predicted molar refractivity (Wildman–Crippen MR) is 48.0 cm³/mol. The summed E-state index contributed by atoms with van der Waals surface area (Å²) < 4.78 is 5.18. The molecule has 2 aliphatic rings. The van der Waals surface area contributed by atoms with Gasteiger partial charge in [-0.15, -0.1) is 0 Å². The molecule has 0 saturated carbocycles. The summed E-state index contributed by atoms with van der Waals surface area (Å²) in [5.74, 6) is 0.222. The molecule has 3 atom stereocenters. The Kier molecular flexibility index (Phi) is 2.26. The number of carbonyl (C=O) groups excluding carboxylic acids is 1. The first-order valence-corrected chi connectivity index (χ1v) is 4.87. The molecule has 2 fully saturated rings. The lowest BCUT2D eigenvalue weighted by Gasteiger charge is -2.19. The van der Waals surface area contributed by atoms with E-state index >= 15 is 0 Å². The summed E-state index contributed by atoms with van der Waals surface area (Å²) in [5, 5.41) is 6.54. The molecule has 0 radical (unpaired) electrons. The maximum absolute atomic E-state index is 11.5. The predicted octanol–water partition coefficient (Wildman–Crippen LogP) is -0.297. The van der Waals surface area contributed by atoms with Crippen LogP contribution < -0.4 is 10.6 Å². The molecule has 2 aliphatic heterocycles. The van der Waals surface area contributed by atoms with Gasteiger partial charge in [0, 0.05) is 19.0 Å². The SMILES string of the molecule is CC1OC(=O)C(C2NCCN2)C1C. The van der Waals surface area contributed by atoms with E-state index in [1.165, 1.54) is 0 Å². The van der Waals surface area contributed by atoms with E-state index in [0.717, 1.165) is 13.1 Å². The quantitative estimate of drug-likeness (QED) is 0.549. The number of ether oxygens (including phenoxy) is 1. The topological polar surface area (TPSA) is 50.4 Å². The van der Waals surface area contributed by atoms with E-state index in [4.69, 9.17) is 4.74 Å². The smallest absolute Gasteiger partial charge is 0.312 e. The van der Waals surface area contributed by atoms with Crippen LogP contribution in [-0.4, -0.2) is 31.3 Å². The van der Waals surface area contributed by atoms with E-state index in [1.807, 2.05) is 6.92 Å². The highest BCUT2D eigenvalue weighted by Gasteiger charge is 2.44. The minimum atomic E-state index is -0.0631. The van der Waals surface area contributed by atoms with Gasteiger partial charge in [0.25, 0.3) is 0 Å². The van der Waals surface area contributed by atoms with Crippen molar-refractivity contribution in [2.45, 2.75) is 26.1 Å². The molecule has 2 rings (SSSR count). The molecule has 13 heavy (non-hydrogen) atoms. The van der Waals surface area contributed by atoms with Crippen molar-refractivity contribution < 1.29 is 9.53 Å². The second-order valence-corrected chi connectivity index (χ2v) is 3.91. The molecule has 0 amide bonds. The standard InChI is InChI=1S/C9H16N2O2/c1-5-6(2)13-9(12)7(5)8-10-3-4-11-8/h5-8,10-11H,3-4H2,1-2H3. The maximum atomic E-state index is 11.5. The summed E-state index contributed by atoms with van der Waals surface area (Å²) in [5.41, 5.74) is 0. The van der Waals surface area contributed by atoms with Gasteiger partial charge in [0.05, 0.1) is 12.1 Å². The monoisotopic (exact) mass is 184 g/mol. The van der Waals surface area contributed by atoms with E-state index in [9.17, 15) is 4.79 Å². The van der Waals surface area contributed by atoms with Crippen molar-refractivity contribution >= 4 is 5.97 Å². The fourth-order valence-corrected chi connectivity index (χ4v) is 2.10. The molecule has 0 aromatic carbocycles. The molecule has 2 saturated heterocycles. The van der Waals surface area contributed by atoms with Crippen LogP contribution in [0.15, 0.2) is 0 Å². The molecule has 74 valence electrons. The fraction of sp³-hybridized carbons (Fsp3) is 0.889. The van der Waals surface area contributed by atoms with Gasteiger partial charge >= 0.3 is 5.97 Å². The number of carbonyl (C=O) groups is 1. The number of hydrogen-bond donors (Lipinski definition) is 2. The van der Waals surface area contributed by atoms with Crippen molar-refractivity contribution in [3.05, 3.63) is 0 Å². The van der Waals surface area contributed by atoms with Crippen LogP contribution in [0.5, 0.6) is 0 Å². The van der Waals surface area contributed by atoms with Gasteiger partial charge in [0.15, 0.2) is 0 Å². The Morgan fingerprint density at radius 3 is 2.38 bits per heavy atom. The first kappa shape index (κ1) is 8.97. The second-order valence-electron chi connectivity index (χ2n) is 3.91. The largest absolute Gasteiger partial charge is 0.462 e. The Morgan fingerprint density at radius 2 is 1.92 bits per heavy atom. The van der Waals surface area contributed by atoms with Gasteiger partial charge in [-0.3, -0.25) is 15.4 Å². The Balaban J connectivity index is 2.08. The van der Waals surface area contributed by atoms with Crippen LogP contribution in [0.4, 0.5) is 0 Å². The Bertz CT molecular complexity index is 214. The lowest BCUT2D eigenvalue weighted by Crippen LogP contribution is -2.43. The molecular formula is C9H16N2O2. The highest BCUT2D eigenvalue weighted by molar-refractivity contribution is 5.76. The van der Waals surface area contributed by atoms with Crippen LogP contribution in [0.2, 0.25) is 0 Å². The van der Waals surface area contributed by atoms with Crippen molar-refractivity contribution in [2.24, 2.45) is 11.8 Å². The number of nitrogens with one attached hydrogen (secondary N) is 2. The van der Waals surface area contributed by atoms with E-state index in [2.05, 4.69) is 17.6 Å². The van der Waals surface area contributed by atoms with Crippen LogP contribution >= 0.6 is 0 Å². The zero-order valence-corrected chi connectivity index (χ0v) is 8.04. The molecule has 2 N–H and O–H groups in total. The van der Waals surface area contributed by atoms with Gasteiger partial charge in [-0.2, -0.15) is 0 Å². The molecule has 0 bridgehead atoms. The summed E-state index contributed by atoms with van der Waals surface area (Å²) in [6.07, 6.45) is 0.175. The van der Waals surface area contributed by atoms with Crippen LogP contribution in [0.25, 0.3) is 0 Å². The van der Waals surface area contributed by atoms with Crippen LogP contribution in [0.3, 0.4) is 0 Å².